The first-order valence-electron chi connectivity index (χ1n) is 4.73. The molecule has 0 amide bonds. The number of hydrogen-bond donors (Lipinski definition) is 1. The summed E-state index contributed by atoms with van der Waals surface area (Å²) in [6.07, 6.45) is 1.33. The van der Waals surface area contributed by atoms with Crippen molar-refractivity contribution in [1.82, 2.24) is 3.87 Å². The van der Waals surface area contributed by atoms with Crippen LogP contribution in [0.1, 0.15) is 5.56 Å². The van der Waals surface area contributed by atoms with Gasteiger partial charge in [-0.1, -0.05) is 24.8 Å². The summed E-state index contributed by atoms with van der Waals surface area (Å²) in [7, 11) is -11.7. The molecule has 11 heteroatoms. The Morgan fingerprint density at radius 1 is 1.10 bits per heavy atom. The average molecular weight is 331 g/mol. The molecule has 1 N–H and O–H groups in total. The second-order valence-electron chi connectivity index (χ2n) is 3.41. The fourth-order valence-electron chi connectivity index (χ4n) is 1.08. The lowest BCUT2D eigenvalue weighted by atomic mass is 10.2. The lowest BCUT2D eigenvalue weighted by Gasteiger charge is -2.16. The minimum atomic E-state index is -6.42. The van der Waals surface area contributed by atoms with Gasteiger partial charge in [0.2, 0.25) is 0 Å². The molecule has 0 atom stereocenters. The number of alkyl halides is 3. The van der Waals surface area contributed by atoms with Crippen LogP contribution in [-0.2, 0) is 20.0 Å². The van der Waals surface area contributed by atoms with Gasteiger partial charge in [0.15, 0.2) is 0 Å². The van der Waals surface area contributed by atoms with Gasteiger partial charge in [-0.05, 0) is 17.7 Å². The highest BCUT2D eigenvalue weighted by molar-refractivity contribution is 8.04. The Kier molecular flexibility index (Phi) is 4.29. The van der Waals surface area contributed by atoms with Crippen LogP contribution in [0.5, 0.6) is 0 Å². The molecule has 0 heterocycles. The van der Waals surface area contributed by atoms with Gasteiger partial charge in [0.05, 0.1) is 4.90 Å². The molecule has 0 saturated heterocycles. The number of rotatable bonds is 4. The van der Waals surface area contributed by atoms with E-state index in [1.807, 2.05) is 0 Å². The largest absolute Gasteiger partial charge is 0.514 e. The third-order valence-corrected chi connectivity index (χ3v) is 5.57. The first kappa shape index (κ1) is 16.6. The smallest absolute Gasteiger partial charge is 0.285 e. The fraction of sp³-hybridized carbons (Fsp3) is 0.111. The summed E-state index contributed by atoms with van der Waals surface area (Å²) < 4.78 is 79.7. The Morgan fingerprint density at radius 2 is 1.55 bits per heavy atom. The van der Waals surface area contributed by atoms with Crippen LogP contribution in [0.4, 0.5) is 13.2 Å². The number of benzene rings is 1. The molecular weight excluding hydrogens is 323 g/mol. The van der Waals surface area contributed by atoms with Crippen LogP contribution >= 0.6 is 0 Å². The quantitative estimate of drug-likeness (QED) is 0.845. The van der Waals surface area contributed by atoms with Gasteiger partial charge in [0, 0.05) is 3.87 Å². The molecule has 112 valence electrons. The lowest BCUT2D eigenvalue weighted by Crippen LogP contribution is -2.42. The average Bonchev–Trinajstić information content (AvgIpc) is 2.36. The van der Waals surface area contributed by atoms with Crippen molar-refractivity contribution in [2.45, 2.75) is 10.4 Å². The maximum atomic E-state index is 12.2. The van der Waals surface area contributed by atoms with Crippen LogP contribution in [0, 0.1) is 0 Å². The molecule has 6 nitrogen and oxygen atoms in total. The minimum absolute atomic E-state index is 0.451. The fourth-order valence-corrected chi connectivity index (χ4v) is 3.47. The summed E-state index contributed by atoms with van der Waals surface area (Å²) >= 11 is 0. The van der Waals surface area contributed by atoms with Gasteiger partial charge in [0.25, 0.3) is 10.0 Å². The Bertz CT molecular complexity index is 707. The van der Waals surface area contributed by atoms with Crippen LogP contribution in [-0.4, -0.2) is 31.4 Å². The van der Waals surface area contributed by atoms with Gasteiger partial charge < -0.3 is 0 Å². The molecule has 0 radical (unpaired) electrons. The van der Waals surface area contributed by atoms with Crippen LogP contribution in [0.3, 0.4) is 0 Å². The van der Waals surface area contributed by atoms with E-state index in [9.17, 15) is 30.0 Å². The minimum Gasteiger partial charge on any atom is -0.285 e. The summed E-state index contributed by atoms with van der Waals surface area (Å²) in [5.41, 5.74) is -5.50. The molecule has 0 aliphatic heterocycles. The van der Waals surface area contributed by atoms with Crippen molar-refractivity contribution in [2.75, 3.05) is 0 Å². The standard InChI is InChI=1S/C9H8F3NO5S2/c1-2-7-3-5-8(6-4-7)19(15,16)13(14)20(17,18)9(10,11)12/h2-6,14H,1H2. The molecule has 0 aliphatic rings. The zero-order valence-electron chi connectivity index (χ0n) is 9.57. The molecule has 0 unspecified atom stereocenters. The van der Waals surface area contributed by atoms with Crippen molar-refractivity contribution in [2.24, 2.45) is 0 Å². The summed E-state index contributed by atoms with van der Waals surface area (Å²) in [5, 5.41) is 8.94. The van der Waals surface area contributed by atoms with E-state index in [1.54, 1.807) is 0 Å². The van der Waals surface area contributed by atoms with E-state index in [4.69, 9.17) is 5.21 Å². The van der Waals surface area contributed by atoms with E-state index >= 15 is 0 Å². The highest BCUT2D eigenvalue weighted by Crippen LogP contribution is 2.29. The first-order valence-corrected chi connectivity index (χ1v) is 7.61. The number of hydrogen-bond acceptors (Lipinski definition) is 5. The number of sulfonamides is 2. The van der Waals surface area contributed by atoms with Crippen molar-refractivity contribution in [3.8, 4) is 0 Å². The summed E-state index contributed by atoms with van der Waals surface area (Å²) in [5.74, 6) is 0. The maximum Gasteiger partial charge on any atom is 0.514 e. The molecule has 0 spiro atoms. The van der Waals surface area contributed by atoms with Crippen molar-refractivity contribution in [1.29, 1.82) is 0 Å². The van der Waals surface area contributed by atoms with Crippen molar-refractivity contribution in [3.05, 3.63) is 36.4 Å². The third-order valence-electron chi connectivity index (χ3n) is 2.12. The van der Waals surface area contributed by atoms with Gasteiger partial charge in [0.1, 0.15) is 0 Å². The topological polar surface area (TPSA) is 91.8 Å². The van der Waals surface area contributed by atoms with Gasteiger partial charge >= 0.3 is 15.5 Å². The molecule has 0 saturated carbocycles. The van der Waals surface area contributed by atoms with E-state index in [2.05, 4.69) is 6.58 Å². The Labute approximate surface area is 112 Å². The van der Waals surface area contributed by atoms with Crippen LogP contribution < -0.4 is 0 Å². The maximum absolute atomic E-state index is 12.2. The molecular formula is C9H8F3NO5S2. The lowest BCUT2D eigenvalue weighted by molar-refractivity contribution is -0.0580. The first-order chi connectivity index (χ1) is 8.94. The molecule has 0 aliphatic carbocycles. The zero-order chi connectivity index (χ0) is 15.8. The molecule has 20 heavy (non-hydrogen) atoms. The van der Waals surface area contributed by atoms with Crippen molar-refractivity contribution in [3.63, 3.8) is 0 Å². The third kappa shape index (κ3) is 2.85. The monoisotopic (exact) mass is 331 g/mol. The van der Waals surface area contributed by atoms with Crippen LogP contribution in [0.2, 0.25) is 0 Å². The summed E-state index contributed by atoms with van der Waals surface area (Å²) in [4.78, 5) is -0.821. The normalized spacial score (nSPS) is 13.4. The Balaban J connectivity index is 3.33. The van der Waals surface area contributed by atoms with Crippen molar-refractivity contribution >= 4 is 26.1 Å². The zero-order valence-corrected chi connectivity index (χ0v) is 11.2. The molecule has 0 bridgehead atoms. The van der Waals surface area contributed by atoms with E-state index in [0.29, 0.717) is 5.56 Å². The van der Waals surface area contributed by atoms with Crippen LogP contribution in [0.25, 0.3) is 6.08 Å². The van der Waals surface area contributed by atoms with E-state index in [-0.39, 0.29) is 0 Å². The number of halogens is 3. The Morgan fingerprint density at radius 3 is 1.90 bits per heavy atom. The molecule has 1 aromatic carbocycles. The summed E-state index contributed by atoms with van der Waals surface area (Å²) in [6.45, 7) is 3.38. The van der Waals surface area contributed by atoms with Crippen LogP contribution in [0.15, 0.2) is 35.7 Å². The van der Waals surface area contributed by atoms with Gasteiger partial charge in [-0.2, -0.15) is 21.6 Å². The molecule has 1 aromatic rings. The predicted octanol–water partition coefficient (Wildman–Crippen LogP) is 1.56. The predicted molar refractivity (Wildman–Crippen MR) is 62.3 cm³/mol. The second kappa shape index (κ2) is 5.16. The molecule has 1 rings (SSSR count). The summed E-state index contributed by atoms with van der Waals surface area (Å²) in [6, 6.07) is 4.02. The molecule has 0 aromatic heterocycles. The second-order valence-corrected chi connectivity index (χ2v) is 7.16. The highest BCUT2D eigenvalue weighted by Gasteiger charge is 2.54. The van der Waals surface area contributed by atoms with E-state index in [1.165, 1.54) is 18.2 Å². The molecule has 0 fully saturated rings. The van der Waals surface area contributed by atoms with E-state index < -0.39 is 34.3 Å². The van der Waals surface area contributed by atoms with Crippen molar-refractivity contribution < 1.29 is 35.2 Å². The van der Waals surface area contributed by atoms with Gasteiger partial charge in [-0.15, -0.1) is 0 Å². The van der Waals surface area contributed by atoms with Gasteiger partial charge in [-0.25, -0.2) is 8.42 Å². The Hall–Kier alpha value is -1.43. The SMILES string of the molecule is C=Cc1ccc(S(=O)(=O)N(O)S(=O)(=O)C(F)(F)F)cc1. The highest BCUT2D eigenvalue weighted by atomic mass is 32.3. The number of nitrogens with zero attached hydrogens (tertiary/aromatic N) is 1. The van der Waals surface area contributed by atoms with Gasteiger partial charge in [-0.3, -0.25) is 5.21 Å². The van der Waals surface area contributed by atoms with E-state index in [0.717, 1.165) is 12.1 Å².